The number of hydrogen-bond acceptors (Lipinski definition) is 3. The number of aliphatic hydroxyl groups is 3. The zero-order valence-electron chi connectivity index (χ0n) is 31.8. The minimum Gasteiger partial charge on any atom is -0.396 e. The summed E-state index contributed by atoms with van der Waals surface area (Å²) in [6.45, 7) is 11.1. The standard InChI is InChI=1S/C42H86O3/c1-39(2)32-28-24-20-16-12-8-6-10-14-18-22-26-30-34-41(5,42(36-43,37-44)38-45)35-31-27-23-19-15-11-7-9-13-17-21-25-29-33-40(3)4/h39-40,43-45H,6-38H2,1-5H3. The Morgan fingerprint density at radius 2 is 0.533 bits per heavy atom. The minimum atomic E-state index is -0.782. The van der Waals surface area contributed by atoms with Gasteiger partial charge in [-0.3, -0.25) is 0 Å². The van der Waals surface area contributed by atoms with Crippen molar-refractivity contribution >= 4 is 0 Å². The molecule has 0 atom stereocenters. The van der Waals surface area contributed by atoms with Crippen LogP contribution >= 0.6 is 0 Å². The lowest BCUT2D eigenvalue weighted by molar-refractivity contribution is -0.0954. The second-order valence-corrected chi connectivity index (χ2v) is 16.4. The SMILES string of the molecule is CC(C)CCCCCCCCCCCCCCCC(C)(CCCCCCCCCCCCCCCC(C)C)C(CO)(CO)CO. The van der Waals surface area contributed by atoms with E-state index in [2.05, 4.69) is 34.6 Å². The smallest absolute Gasteiger partial charge is 0.0536 e. The Morgan fingerprint density at radius 3 is 0.733 bits per heavy atom. The number of aliphatic hydroxyl groups excluding tert-OH is 3. The average Bonchev–Trinajstić information content (AvgIpc) is 3.01. The molecule has 272 valence electrons. The van der Waals surface area contributed by atoms with Gasteiger partial charge in [-0.05, 0) is 30.1 Å². The van der Waals surface area contributed by atoms with Gasteiger partial charge in [-0.2, -0.15) is 0 Å². The molecule has 0 aliphatic heterocycles. The van der Waals surface area contributed by atoms with Gasteiger partial charge in [-0.25, -0.2) is 0 Å². The molecule has 0 fully saturated rings. The largest absolute Gasteiger partial charge is 0.396 e. The molecule has 0 aromatic carbocycles. The van der Waals surface area contributed by atoms with Crippen LogP contribution in [0.15, 0.2) is 0 Å². The first kappa shape index (κ1) is 44.9. The van der Waals surface area contributed by atoms with E-state index in [1.165, 1.54) is 167 Å². The van der Waals surface area contributed by atoms with E-state index in [1.807, 2.05) is 0 Å². The third-order valence-electron chi connectivity index (χ3n) is 11.2. The average molecular weight is 639 g/mol. The van der Waals surface area contributed by atoms with Crippen molar-refractivity contribution in [3.8, 4) is 0 Å². The summed E-state index contributed by atoms with van der Waals surface area (Å²) in [5, 5.41) is 30.8. The lowest BCUT2D eigenvalue weighted by atomic mass is 9.60. The summed E-state index contributed by atoms with van der Waals surface area (Å²) in [5.41, 5.74) is -0.995. The van der Waals surface area contributed by atoms with Gasteiger partial charge in [0, 0.05) is 5.41 Å². The number of rotatable bonds is 36. The third-order valence-corrected chi connectivity index (χ3v) is 11.2. The molecule has 0 aromatic rings. The van der Waals surface area contributed by atoms with E-state index in [-0.39, 0.29) is 25.2 Å². The molecule has 0 bridgehead atoms. The van der Waals surface area contributed by atoms with Gasteiger partial charge >= 0.3 is 0 Å². The Labute approximate surface area is 284 Å². The molecule has 3 N–H and O–H groups in total. The molecule has 0 saturated carbocycles. The second kappa shape index (κ2) is 31.2. The van der Waals surface area contributed by atoms with E-state index in [0.29, 0.717) is 0 Å². The summed E-state index contributed by atoms with van der Waals surface area (Å²) in [5.74, 6) is 1.72. The van der Waals surface area contributed by atoms with Gasteiger partial charge < -0.3 is 15.3 Å². The van der Waals surface area contributed by atoms with Gasteiger partial charge in [0.2, 0.25) is 0 Å². The maximum atomic E-state index is 10.3. The van der Waals surface area contributed by atoms with Gasteiger partial charge in [-0.1, -0.05) is 214 Å². The van der Waals surface area contributed by atoms with Crippen LogP contribution in [0.4, 0.5) is 0 Å². The Kier molecular flexibility index (Phi) is 31.1. The maximum Gasteiger partial charge on any atom is 0.0536 e. The van der Waals surface area contributed by atoms with Crippen LogP contribution in [0.25, 0.3) is 0 Å². The summed E-state index contributed by atoms with van der Waals surface area (Å²) >= 11 is 0. The van der Waals surface area contributed by atoms with Crippen LogP contribution in [-0.2, 0) is 0 Å². The van der Waals surface area contributed by atoms with E-state index in [1.54, 1.807) is 0 Å². The van der Waals surface area contributed by atoms with Crippen molar-refractivity contribution in [1.29, 1.82) is 0 Å². The van der Waals surface area contributed by atoms with Gasteiger partial charge in [-0.15, -0.1) is 0 Å². The predicted molar refractivity (Wildman–Crippen MR) is 200 cm³/mol. The monoisotopic (exact) mass is 639 g/mol. The summed E-state index contributed by atoms with van der Waals surface area (Å²) in [4.78, 5) is 0. The summed E-state index contributed by atoms with van der Waals surface area (Å²) < 4.78 is 0. The van der Waals surface area contributed by atoms with Crippen molar-refractivity contribution in [3.05, 3.63) is 0 Å². The van der Waals surface area contributed by atoms with Gasteiger partial charge in [0.15, 0.2) is 0 Å². The molecule has 0 spiro atoms. The highest BCUT2D eigenvalue weighted by molar-refractivity contribution is 4.94. The molecule has 0 unspecified atom stereocenters. The zero-order chi connectivity index (χ0) is 33.5. The van der Waals surface area contributed by atoms with Crippen molar-refractivity contribution in [2.45, 2.75) is 227 Å². The Balaban J connectivity index is 4.00. The molecular formula is C42H86O3. The summed E-state index contributed by atoms with van der Waals surface area (Å²) in [6.07, 6.45) is 40.0. The first-order valence-corrected chi connectivity index (χ1v) is 20.6. The molecule has 3 nitrogen and oxygen atoms in total. The summed E-state index contributed by atoms with van der Waals surface area (Å²) in [7, 11) is 0. The van der Waals surface area contributed by atoms with Crippen LogP contribution in [-0.4, -0.2) is 35.1 Å². The Hall–Kier alpha value is -0.120. The Morgan fingerprint density at radius 1 is 0.333 bits per heavy atom. The molecule has 0 rings (SSSR count). The third kappa shape index (κ3) is 24.6. The lowest BCUT2D eigenvalue weighted by Crippen LogP contribution is -2.48. The number of unbranched alkanes of at least 4 members (excludes halogenated alkanes) is 24. The van der Waals surface area contributed by atoms with E-state index >= 15 is 0 Å². The lowest BCUT2D eigenvalue weighted by Gasteiger charge is -2.46. The van der Waals surface area contributed by atoms with E-state index in [9.17, 15) is 15.3 Å². The molecule has 0 saturated heterocycles. The van der Waals surface area contributed by atoms with Crippen molar-refractivity contribution in [2.24, 2.45) is 22.7 Å². The number of hydrogen-bond donors (Lipinski definition) is 3. The normalized spacial score (nSPS) is 12.7. The van der Waals surface area contributed by atoms with Crippen LogP contribution in [0.5, 0.6) is 0 Å². The molecule has 3 heteroatoms. The fourth-order valence-electron chi connectivity index (χ4n) is 7.40. The van der Waals surface area contributed by atoms with E-state index in [4.69, 9.17) is 0 Å². The van der Waals surface area contributed by atoms with Crippen LogP contribution in [0.1, 0.15) is 227 Å². The fourth-order valence-corrected chi connectivity index (χ4v) is 7.40. The van der Waals surface area contributed by atoms with Gasteiger partial charge in [0.05, 0.1) is 19.8 Å². The predicted octanol–water partition coefficient (Wildman–Crippen LogP) is 13.0. The van der Waals surface area contributed by atoms with Crippen molar-refractivity contribution in [2.75, 3.05) is 19.8 Å². The molecular weight excluding hydrogens is 552 g/mol. The topological polar surface area (TPSA) is 60.7 Å². The van der Waals surface area contributed by atoms with Crippen LogP contribution in [0.3, 0.4) is 0 Å². The van der Waals surface area contributed by atoms with Gasteiger partial charge in [0.1, 0.15) is 0 Å². The van der Waals surface area contributed by atoms with Crippen molar-refractivity contribution < 1.29 is 15.3 Å². The first-order valence-electron chi connectivity index (χ1n) is 20.6. The highest BCUT2D eigenvalue weighted by Crippen LogP contribution is 2.47. The van der Waals surface area contributed by atoms with Crippen LogP contribution in [0.2, 0.25) is 0 Å². The zero-order valence-corrected chi connectivity index (χ0v) is 31.8. The van der Waals surface area contributed by atoms with Crippen LogP contribution < -0.4 is 0 Å². The maximum absolute atomic E-state index is 10.3. The molecule has 0 aromatic heterocycles. The van der Waals surface area contributed by atoms with E-state index < -0.39 is 5.41 Å². The quantitative estimate of drug-likeness (QED) is 0.0598. The first-order chi connectivity index (χ1) is 21.8. The summed E-state index contributed by atoms with van der Waals surface area (Å²) in [6, 6.07) is 0. The van der Waals surface area contributed by atoms with Gasteiger partial charge in [0.25, 0.3) is 0 Å². The van der Waals surface area contributed by atoms with E-state index in [0.717, 1.165) is 37.5 Å². The fraction of sp³-hybridized carbons (Fsp3) is 1.00. The molecule has 0 amide bonds. The minimum absolute atomic E-state index is 0.133. The highest BCUT2D eigenvalue weighted by atomic mass is 16.3. The molecule has 45 heavy (non-hydrogen) atoms. The highest BCUT2D eigenvalue weighted by Gasteiger charge is 2.46. The second-order valence-electron chi connectivity index (χ2n) is 16.4. The van der Waals surface area contributed by atoms with Crippen molar-refractivity contribution in [1.82, 2.24) is 0 Å². The molecule has 0 heterocycles. The molecule has 0 aliphatic rings. The molecule has 0 aliphatic carbocycles. The van der Waals surface area contributed by atoms with Crippen molar-refractivity contribution in [3.63, 3.8) is 0 Å². The van der Waals surface area contributed by atoms with Crippen LogP contribution in [0, 0.1) is 22.7 Å². The Bertz CT molecular complexity index is 536. The molecule has 0 radical (unpaired) electrons.